The molecule has 0 aliphatic carbocycles. The number of oxime groups is 1. The van der Waals surface area contributed by atoms with E-state index in [4.69, 9.17) is 15.7 Å². The van der Waals surface area contributed by atoms with Gasteiger partial charge in [-0.2, -0.15) is 0 Å². The summed E-state index contributed by atoms with van der Waals surface area (Å²) in [6, 6.07) is 5.72. The van der Waals surface area contributed by atoms with Gasteiger partial charge in [0.15, 0.2) is 5.84 Å². The molecule has 110 valence electrons. The van der Waals surface area contributed by atoms with Gasteiger partial charge in [0.05, 0.1) is 11.7 Å². The Kier molecular flexibility index (Phi) is 4.25. The average molecular weight is 342 g/mol. The van der Waals surface area contributed by atoms with Crippen molar-refractivity contribution in [1.29, 1.82) is 0 Å². The molecule has 1 aliphatic heterocycles. The number of amidine groups is 1. The van der Waals surface area contributed by atoms with Crippen LogP contribution in [0.25, 0.3) is 0 Å². The average Bonchev–Trinajstić information content (AvgIpc) is 2.35. The second-order valence-electron chi connectivity index (χ2n) is 5.72. The van der Waals surface area contributed by atoms with Crippen molar-refractivity contribution >= 4 is 27.5 Å². The van der Waals surface area contributed by atoms with Crippen molar-refractivity contribution in [2.75, 3.05) is 18.0 Å². The van der Waals surface area contributed by atoms with E-state index in [1.807, 2.05) is 18.2 Å². The molecule has 1 unspecified atom stereocenters. The first-order chi connectivity index (χ1) is 9.32. The van der Waals surface area contributed by atoms with Crippen LogP contribution in [0.5, 0.6) is 0 Å². The number of benzene rings is 1. The van der Waals surface area contributed by atoms with E-state index in [1.165, 1.54) is 0 Å². The lowest BCUT2D eigenvalue weighted by atomic mass is 10.0. The molecule has 1 aromatic rings. The molecule has 0 aromatic heterocycles. The van der Waals surface area contributed by atoms with Crippen LogP contribution in [-0.4, -0.2) is 35.8 Å². The van der Waals surface area contributed by atoms with Crippen LogP contribution >= 0.6 is 15.9 Å². The molecular weight excluding hydrogens is 322 g/mol. The van der Waals surface area contributed by atoms with Crippen LogP contribution in [0, 0.1) is 0 Å². The number of anilines is 1. The largest absolute Gasteiger partial charge is 0.409 e. The fourth-order valence-corrected chi connectivity index (χ4v) is 3.02. The van der Waals surface area contributed by atoms with E-state index in [-0.39, 0.29) is 17.5 Å². The van der Waals surface area contributed by atoms with Crippen LogP contribution in [0.3, 0.4) is 0 Å². The van der Waals surface area contributed by atoms with Gasteiger partial charge in [0, 0.05) is 28.8 Å². The predicted molar refractivity (Wildman–Crippen MR) is 83.5 cm³/mol. The molecule has 1 saturated heterocycles. The molecule has 0 bridgehead atoms. The zero-order valence-electron chi connectivity index (χ0n) is 11.9. The van der Waals surface area contributed by atoms with Crippen LogP contribution in [0.2, 0.25) is 0 Å². The number of morpholine rings is 1. The Bertz CT molecular complexity index is 531. The molecule has 1 fully saturated rings. The monoisotopic (exact) mass is 341 g/mol. The number of hydrogen-bond donors (Lipinski definition) is 2. The Morgan fingerprint density at radius 2 is 2.25 bits per heavy atom. The first-order valence-corrected chi connectivity index (χ1v) is 7.32. The van der Waals surface area contributed by atoms with Crippen molar-refractivity contribution in [3.63, 3.8) is 0 Å². The van der Waals surface area contributed by atoms with E-state index >= 15 is 0 Å². The number of rotatable bonds is 2. The predicted octanol–water partition coefficient (Wildman–Crippen LogP) is 2.55. The molecular formula is C14H20BrN3O2. The van der Waals surface area contributed by atoms with Gasteiger partial charge in [-0.05, 0) is 39.0 Å². The molecule has 0 amide bonds. The van der Waals surface area contributed by atoms with Gasteiger partial charge in [0.2, 0.25) is 0 Å². The van der Waals surface area contributed by atoms with E-state index < -0.39 is 0 Å². The minimum absolute atomic E-state index is 0.115. The molecule has 6 heteroatoms. The smallest absolute Gasteiger partial charge is 0.172 e. The van der Waals surface area contributed by atoms with Gasteiger partial charge in [-0.1, -0.05) is 21.1 Å². The SMILES string of the molecule is CC1CN(c2cc(Br)ccc2/C(N)=N/O)CC(C)(C)O1. The molecule has 1 heterocycles. The fraction of sp³-hybridized carbons (Fsp3) is 0.500. The van der Waals surface area contributed by atoms with Crippen molar-refractivity contribution in [3.05, 3.63) is 28.2 Å². The summed E-state index contributed by atoms with van der Waals surface area (Å²) in [5, 5.41) is 12.1. The summed E-state index contributed by atoms with van der Waals surface area (Å²) in [6.07, 6.45) is 0.123. The third kappa shape index (κ3) is 3.24. The standard InChI is InChI=1S/C14H20BrN3O2/c1-9-7-18(8-14(2,3)20-9)12-6-10(15)4-5-11(12)13(16)17-19/h4-6,9,19H,7-8H2,1-3H3,(H2,16,17). The summed E-state index contributed by atoms with van der Waals surface area (Å²) < 4.78 is 6.88. The molecule has 1 atom stereocenters. The van der Waals surface area contributed by atoms with Crippen molar-refractivity contribution < 1.29 is 9.94 Å². The van der Waals surface area contributed by atoms with E-state index in [0.717, 1.165) is 28.8 Å². The minimum Gasteiger partial charge on any atom is -0.409 e. The molecule has 5 nitrogen and oxygen atoms in total. The lowest BCUT2D eigenvalue weighted by Crippen LogP contribution is -2.52. The number of nitrogens with zero attached hydrogens (tertiary/aromatic N) is 2. The van der Waals surface area contributed by atoms with Crippen molar-refractivity contribution in [3.8, 4) is 0 Å². The molecule has 1 aromatic carbocycles. The number of ether oxygens (including phenoxy) is 1. The summed E-state index contributed by atoms with van der Waals surface area (Å²) in [4.78, 5) is 2.21. The van der Waals surface area contributed by atoms with Crippen LogP contribution < -0.4 is 10.6 Å². The number of halogens is 1. The van der Waals surface area contributed by atoms with Crippen molar-refractivity contribution in [1.82, 2.24) is 0 Å². The van der Waals surface area contributed by atoms with Crippen molar-refractivity contribution in [2.45, 2.75) is 32.5 Å². The number of nitrogens with two attached hydrogens (primary N) is 1. The van der Waals surface area contributed by atoms with Gasteiger partial charge >= 0.3 is 0 Å². The van der Waals surface area contributed by atoms with Gasteiger partial charge < -0.3 is 20.6 Å². The highest BCUT2D eigenvalue weighted by Gasteiger charge is 2.32. The lowest BCUT2D eigenvalue weighted by Gasteiger charge is -2.43. The van der Waals surface area contributed by atoms with E-state index in [1.54, 1.807) is 0 Å². The summed E-state index contributed by atoms with van der Waals surface area (Å²) in [7, 11) is 0. The van der Waals surface area contributed by atoms with Crippen LogP contribution in [0.15, 0.2) is 27.8 Å². The highest BCUT2D eigenvalue weighted by Crippen LogP contribution is 2.30. The van der Waals surface area contributed by atoms with E-state index in [0.29, 0.717) is 0 Å². The zero-order valence-corrected chi connectivity index (χ0v) is 13.5. The van der Waals surface area contributed by atoms with Crippen LogP contribution in [0.4, 0.5) is 5.69 Å². The van der Waals surface area contributed by atoms with E-state index in [2.05, 4.69) is 46.8 Å². The van der Waals surface area contributed by atoms with Gasteiger partial charge in [0.25, 0.3) is 0 Å². The molecule has 0 radical (unpaired) electrons. The second-order valence-corrected chi connectivity index (χ2v) is 6.63. The maximum Gasteiger partial charge on any atom is 0.172 e. The first-order valence-electron chi connectivity index (χ1n) is 6.52. The second kappa shape index (κ2) is 5.61. The third-order valence-corrected chi connectivity index (χ3v) is 3.75. The summed E-state index contributed by atoms with van der Waals surface area (Å²) in [5.41, 5.74) is 7.21. The van der Waals surface area contributed by atoms with Crippen LogP contribution in [-0.2, 0) is 4.74 Å². The topological polar surface area (TPSA) is 71.1 Å². The normalized spacial score (nSPS) is 22.9. The highest BCUT2D eigenvalue weighted by atomic mass is 79.9. The Morgan fingerprint density at radius 3 is 2.85 bits per heavy atom. The van der Waals surface area contributed by atoms with Gasteiger partial charge in [-0.3, -0.25) is 0 Å². The lowest BCUT2D eigenvalue weighted by molar-refractivity contribution is -0.0749. The van der Waals surface area contributed by atoms with Gasteiger partial charge in [-0.15, -0.1) is 0 Å². The Labute approximate surface area is 127 Å². The molecule has 2 rings (SSSR count). The van der Waals surface area contributed by atoms with Gasteiger partial charge in [0.1, 0.15) is 0 Å². The highest BCUT2D eigenvalue weighted by molar-refractivity contribution is 9.10. The molecule has 0 spiro atoms. The fourth-order valence-electron chi connectivity index (χ4n) is 2.67. The molecule has 0 saturated carbocycles. The maximum atomic E-state index is 8.94. The summed E-state index contributed by atoms with van der Waals surface area (Å²) in [5.74, 6) is 0.115. The molecule has 3 N–H and O–H groups in total. The zero-order chi connectivity index (χ0) is 14.9. The molecule has 20 heavy (non-hydrogen) atoms. The molecule has 1 aliphatic rings. The number of hydrogen-bond acceptors (Lipinski definition) is 4. The van der Waals surface area contributed by atoms with Crippen molar-refractivity contribution in [2.24, 2.45) is 10.9 Å². The minimum atomic E-state index is -0.234. The maximum absolute atomic E-state index is 8.94. The Balaban J connectivity index is 2.43. The Morgan fingerprint density at radius 1 is 1.55 bits per heavy atom. The first kappa shape index (κ1) is 15.1. The Hall–Kier alpha value is -1.27. The quantitative estimate of drug-likeness (QED) is 0.375. The van der Waals surface area contributed by atoms with E-state index in [9.17, 15) is 0 Å². The van der Waals surface area contributed by atoms with Crippen LogP contribution in [0.1, 0.15) is 26.3 Å². The summed E-state index contributed by atoms with van der Waals surface area (Å²) >= 11 is 3.48. The third-order valence-electron chi connectivity index (χ3n) is 3.25. The van der Waals surface area contributed by atoms with Gasteiger partial charge in [-0.25, -0.2) is 0 Å². The summed E-state index contributed by atoms with van der Waals surface area (Å²) in [6.45, 7) is 7.70.